The molecule has 2 N–H and O–H groups in total. The van der Waals surface area contributed by atoms with Crippen molar-refractivity contribution in [3.05, 3.63) is 22.5 Å². The summed E-state index contributed by atoms with van der Waals surface area (Å²) in [5, 5.41) is 0. The number of benzene rings is 1. The number of imidazole rings is 1. The second-order valence-electron chi connectivity index (χ2n) is 3.17. The Kier molecular flexibility index (Phi) is 2.66. The Balaban J connectivity index is 2.71. The molecule has 0 radical (unpaired) electrons. The maximum atomic E-state index is 11.5. The van der Waals surface area contributed by atoms with E-state index < -0.39 is 5.97 Å². The molecule has 6 heteroatoms. The molecule has 2 aromatic rings. The first kappa shape index (κ1) is 10.7. The third-order valence-electron chi connectivity index (χ3n) is 2.24. The molecule has 1 heterocycles. The SMILES string of the molecule is COC(=O)c1cc2[nH]c(=S)[nH]c2cc1OC. The van der Waals surface area contributed by atoms with Gasteiger partial charge in [0.1, 0.15) is 11.3 Å². The van der Waals surface area contributed by atoms with E-state index in [9.17, 15) is 4.79 Å². The maximum absolute atomic E-state index is 11.5. The van der Waals surface area contributed by atoms with Gasteiger partial charge in [-0.25, -0.2) is 4.79 Å². The summed E-state index contributed by atoms with van der Waals surface area (Å²) in [4.78, 5) is 17.4. The van der Waals surface area contributed by atoms with Crippen LogP contribution < -0.4 is 4.74 Å². The number of aromatic nitrogens is 2. The van der Waals surface area contributed by atoms with Crippen LogP contribution in [0.1, 0.15) is 10.4 Å². The van der Waals surface area contributed by atoms with Gasteiger partial charge in [-0.2, -0.15) is 0 Å². The molecule has 84 valence electrons. The number of hydrogen-bond donors (Lipinski definition) is 2. The predicted molar refractivity (Wildman–Crippen MR) is 61.4 cm³/mol. The first-order valence-electron chi connectivity index (χ1n) is 4.54. The Labute approximate surface area is 96.4 Å². The molecule has 0 saturated heterocycles. The standard InChI is InChI=1S/C10H10N2O3S/c1-14-8-4-7-6(11-10(16)12-7)3-5(8)9(13)15-2/h3-4H,1-2H3,(H2,11,12,16). The molecule has 0 unspecified atom stereocenters. The van der Waals surface area contributed by atoms with Crippen molar-refractivity contribution >= 4 is 29.2 Å². The number of carbonyl (C=O) groups is 1. The molecule has 0 saturated carbocycles. The van der Waals surface area contributed by atoms with Crippen LogP contribution in [-0.4, -0.2) is 30.2 Å². The minimum absolute atomic E-state index is 0.364. The number of hydrogen-bond acceptors (Lipinski definition) is 4. The Morgan fingerprint density at radius 2 is 1.88 bits per heavy atom. The first-order valence-corrected chi connectivity index (χ1v) is 4.95. The van der Waals surface area contributed by atoms with Gasteiger partial charge in [-0.3, -0.25) is 0 Å². The molecule has 1 aromatic carbocycles. The van der Waals surface area contributed by atoms with Crippen LogP contribution >= 0.6 is 12.2 Å². The Bertz CT molecular complexity index is 600. The summed E-state index contributed by atoms with van der Waals surface area (Å²) in [6.07, 6.45) is 0. The molecular weight excluding hydrogens is 228 g/mol. The number of methoxy groups -OCH3 is 2. The quantitative estimate of drug-likeness (QED) is 0.620. The monoisotopic (exact) mass is 238 g/mol. The molecule has 0 bridgehead atoms. The van der Waals surface area contributed by atoms with Gasteiger partial charge in [-0.1, -0.05) is 0 Å². The van der Waals surface area contributed by atoms with E-state index in [0.717, 1.165) is 11.0 Å². The lowest BCUT2D eigenvalue weighted by molar-refractivity contribution is 0.0597. The van der Waals surface area contributed by atoms with Gasteiger partial charge >= 0.3 is 5.97 Å². The second-order valence-corrected chi connectivity index (χ2v) is 3.58. The zero-order valence-corrected chi connectivity index (χ0v) is 9.60. The van der Waals surface area contributed by atoms with E-state index in [-0.39, 0.29) is 0 Å². The number of ether oxygens (including phenoxy) is 2. The normalized spacial score (nSPS) is 10.4. The molecule has 0 aliphatic heterocycles. The van der Waals surface area contributed by atoms with Gasteiger partial charge in [0.2, 0.25) is 0 Å². The average molecular weight is 238 g/mol. The molecule has 1 aromatic heterocycles. The zero-order chi connectivity index (χ0) is 11.7. The number of fused-ring (bicyclic) bond motifs is 1. The summed E-state index contributed by atoms with van der Waals surface area (Å²) < 4.78 is 10.3. The molecule has 0 spiro atoms. The molecule has 2 rings (SSSR count). The largest absolute Gasteiger partial charge is 0.496 e. The van der Waals surface area contributed by atoms with E-state index in [1.807, 2.05) is 0 Å². The highest BCUT2D eigenvalue weighted by atomic mass is 32.1. The lowest BCUT2D eigenvalue weighted by atomic mass is 10.2. The van der Waals surface area contributed by atoms with Gasteiger partial charge in [0.05, 0.1) is 25.3 Å². The lowest BCUT2D eigenvalue weighted by Gasteiger charge is -2.06. The minimum Gasteiger partial charge on any atom is -0.496 e. The number of aromatic amines is 2. The van der Waals surface area contributed by atoms with Gasteiger partial charge in [0, 0.05) is 6.07 Å². The molecular formula is C10H10N2O3S. The van der Waals surface area contributed by atoms with Gasteiger partial charge < -0.3 is 19.4 Å². The molecule has 0 atom stereocenters. The van der Waals surface area contributed by atoms with E-state index in [1.54, 1.807) is 12.1 Å². The average Bonchev–Trinajstić information content (AvgIpc) is 2.65. The maximum Gasteiger partial charge on any atom is 0.341 e. The van der Waals surface area contributed by atoms with Crippen LogP contribution in [0.15, 0.2) is 12.1 Å². The minimum atomic E-state index is -0.445. The Morgan fingerprint density at radius 1 is 1.25 bits per heavy atom. The van der Waals surface area contributed by atoms with Crippen LogP contribution in [0.2, 0.25) is 0 Å². The first-order chi connectivity index (χ1) is 7.65. The highest BCUT2D eigenvalue weighted by molar-refractivity contribution is 7.71. The van der Waals surface area contributed by atoms with Crippen molar-refractivity contribution in [3.8, 4) is 5.75 Å². The number of carbonyl (C=O) groups excluding carboxylic acids is 1. The summed E-state index contributed by atoms with van der Waals surface area (Å²) >= 11 is 4.96. The zero-order valence-electron chi connectivity index (χ0n) is 8.79. The van der Waals surface area contributed by atoms with Crippen LogP contribution in [-0.2, 0) is 4.74 Å². The summed E-state index contributed by atoms with van der Waals surface area (Å²) in [6.45, 7) is 0. The fourth-order valence-electron chi connectivity index (χ4n) is 1.50. The van der Waals surface area contributed by atoms with Crippen LogP contribution in [0.4, 0.5) is 0 Å². The number of esters is 1. The summed E-state index contributed by atoms with van der Waals surface area (Å²) in [5.41, 5.74) is 1.89. The van der Waals surface area contributed by atoms with Crippen molar-refractivity contribution in [3.63, 3.8) is 0 Å². The van der Waals surface area contributed by atoms with E-state index in [4.69, 9.17) is 17.0 Å². The molecule has 0 fully saturated rings. The smallest absolute Gasteiger partial charge is 0.341 e. The van der Waals surface area contributed by atoms with Crippen molar-refractivity contribution in [1.82, 2.24) is 9.97 Å². The second kappa shape index (κ2) is 3.97. The van der Waals surface area contributed by atoms with Gasteiger partial charge in [-0.05, 0) is 18.3 Å². The number of rotatable bonds is 2. The fourth-order valence-corrected chi connectivity index (χ4v) is 1.72. The highest BCUT2D eigenvalue weighted by Crippen LogP contribution is 2.24. The van der Waals surface area contributed by atoms with Crippen molar-refractivity contribution in [1.29, 1.82) is 0 Å². The Morgan fingerprint density at radius 3 is 2.44 bits per heavy atom. The topological polar surface area (TPSA) is 67.1 Å². The molecule has 5 nitrogen and oxygen atoms in total. The fraction of sp³-hybridized carbons (Fsp3) is 0.200. The van der Waals surface area contributed by atoms with Gasteiger partial charge in [0.25, 0.3) is 0 Å². The van der Waals surface area contributed by atoms with Crippen LogP contribution in [0.25, 0.3) is 11.0 Å². The van der Waals surface area contributed by atoms with Gasteiger partial charge in [-0.15, -0.1) is 0 Å². The van der Waals surface area contributed by atoms with E-state index >= 15 is 0 Å². The molecule has 0 aliphatic carbocycles. The highest BCUT2D eigenvalue weighted by Gasteiger charge is 2.14. The van der Waals surface area contributed by atoms with Crippen LogP contribution in [0, 0.1) is 4.77 Å². The van der Waals surface area contributed by atoms with Crippen molar-refractivity contribution in [2.24, 2.45) is 0 Å². The van der Waals surface area contributed by atoms with E-state index in [0.29, 0.717) is 16.1 Å². The third-order valence-corrected chi connectivity index (χ3v) is 2.45. The van der Waals surface area contributed by atoms with Crippen molar-refractivity contribution in [2.45, 2.75) is 0 Å². The van der Waals surface area contributed by atoms with Crippen LogP contribution in [0.3, 0.4) is 0 Å². The van der Waals surface area contributed by atoms with Gasteiger partial charge in [0.15, 0.2) is 4.77 Å². The molecule has 0 amide bonds. The van der Waals surface area contributed by atoms with Crippen LogP contribution in [0.5, 0.6) is 5.75 Å². The lowest BCUT2D eigenvalue weighted by Crippen LogP contribution is -2.03. The summed E-state index contributed by atoms with van der Waals surface area (Å²) in [6, 6.07) is 3.35. The van der Waals surface area contributed by atoms with E-state index in [2.05, 4.69) is 14.7 Å². The van der Waals surface area contributed by atoms with E-state index in [1.165, 1.54) is 14.2 Å². The summed E-state index contributed by atoms with van der Waals surface area (Å²) in [7, 11) is 2.82. The number of H-pyrrole nitrogens is 2. The third kappa shape index (κ3) is 1.67. The molecule has 0 aliphatic rings. The molecule has 16 heavy (non-hydrogen) atoms. The van der Waals surface area contributed by atoms with Crippen molar-refractivity contribution in [2.75, 3.05) is 14.2 Å². The predicted octanol–water partition coefficient (Wildman–Crippen LogP) is 2.02. The number of nitrogens with one attached hydrogen (secondary N) is 2. The van der Waals surface area contributed by atoms with Crippen molar-refractivity contribution < 1.29 is 14.3 Å². The Hall–Kier alpha value is -1.82. The summed E-state index contributed by atoms with van der Waals surface area (Å²) in [5.74, 6) is 0.00358.